The average Bonchev–Trinajstić information content (AvgIpc) is 2.37. The van der Waals surface area contributed by atoms with Gasteiger partial charge in [-0.3, -0.25) is 0 Å². The number of likely N-dealkylation sites (N-methyl/N-ethyl adjacent to an activating group) is 1. The SMILES string of the molecule is COc1ccc(C)cc1CNCC(CC(C)C)N(C)C. The first-order valence-corrected chi connectivity index (χ1v) is 7.44. The molecular formula is C17H30N2O. The molecule has 114 valence electrons. The van der Waals surface area contributed by atoms with E-state index >= 15 is 0 Å². The number of nitrogens with one attached hydrogen (secondary N) is 1. The van der Waals surface area contributed by atoms with Crippen molar-refractivity contribution in [3.63, 3.8) is 0 Å². The van der Waals surface area contributed by atoms with E-state index in [1.54, 1.807) is 7.11 Å². The summed E-state index contributed by atoms with van der Waals surface area (Å²) in [6.07, 6.45) is 1.21. The van der Waals surface area contributed by atoms with Crippen molar-refractivity contribution in [3.8, 4) is 5.75 Å². The maximum absolute atomic E-state index is 5.42. The van der Waals surface area contributed by atoms with Gasteiger partial charge >= 0.3 is 0 Å². The van der Waals surface area contributed by atoms with Gasteiger partial charge in [-0.1, -0.05) is 31.5 Å². The van der Waals surface area contributed by atoms with Crippen LogP contribution in [0.4, 0.5) is 0 Å². The summed E-state index contributed by atoms with van der Waals surface area (Å²) >= 11 is 0. The van der Waals surface area contributed by atoms with Gasteiger partial charge in [0.2, 0.25) is 0 Å². The Morgan fingerprint density at radius 1 is 1.25 bits per heavy atom. The van der Waals surface area contributed by atoms with Crippen molar-refractivity contribution >= 4 is 0 Å². The largest absolute Gasteiger partial charge is 0.496 e. The molecule has 20 heavy (non-hydrogen) atoms. The van der Waals surface area contributed by atoms with Crippen LogP contribution in [0.15, 0.2) is 18.2 Å². The van der Waals surface area contributed by atoms with E-state index in [1.165, 1.54) is 17.5 Å². The molecule has 1 rings (SSSR count). The lowest BCUT2D eigenvalue weighted by atomic mass is 10.0. The molecule has 0 aromatic heterocycles. The summed E-state index contributed by atoms with van der Waals surface area (Å²) in [7, 11) is 6.04. The number of ether oxygens (including phenoxy) is 1. The molecule has 0 amide bonds. The Morgan fingerprint density at radius 2 is 1.95 bits per heavy atom. The van der Waals surface area contributed by atoms with E-state index in [-0.39, 0.29) is 0 Å². The number of aryl methyl sites for hydroxylation is 1. The van der Waals surface area contributed by atoms with Crippen LogP contribution in [0.5, 0.6) is 5.75 Å². The second kappa shape index (κ2) is 8.28. The lowest BCUT2D eigenvalue weighted by Crippen LogP contribution is -2.38. The van der Waals surface area contributed by atoms with E-state index in [0.29, 0.717) is 6.04 Å². The van der Waals surface area contributed by atoms with Gasteiger partial charge in [-0.15, -0.1) is 0 Å². The zero-order chi connectivity index (χ0) is 15.1. The van der Waals surface area contributed by atoms with Crippen LogP contribution in [0.1, 0.15) is 31.4 Å². The number of hydrogen-bond acceptors (Lipinski definition) is 3. The molecule has 0 saturated carbocycles. The van der Waals surface area contributed by atoms with E-state index in [0.717, 1.165) is 24.8 Å². The van der Waals surface area contributed by atoms with Crippen LogP contribution in [0.3, 0.4) is 0 Å². The third-order valence-electron chi connectivity index (χ3n) is 3.61. The number of benzene rings is 1. The zero-order valence-corrected chi connectivity index (χ0v) is 13.9. The van der Waals surface area contributed by atoms with Gasteiger partial charge in [0.15, 0.2) is 0 Å². The normalized spacial score (nSPS) is 13.0. The van der Waals surface area contributed by atoms with E-state index in [2.05, 4.69) is 57.2 Å². The Balaban J connectivity index is 2.56. The van der Waals surface area contributed by atoms with Gasteiger partial charge in [-0.05, 0) is 39.4 Å². The fraction of sp³-hybridized carbons (Fsp3) is 0.647. The Bertz CT molecular complexity index is 402. The Labute approximate surface area is 124 Å². The molecule has 0 aliphatic heterocycles. The van der Waals surface area contributed by atoms with Crippen molar-refractivity contribution in [1.82, 2.24) is 10.2 Å². The molecule has 0 spiro atoms. The maximum atomic E-state index is 5.42. The van der Waals surface area contributed by atoms with Gasteiger partial charge in [-0.25, -0.2) is 0 Å². The van der Waals surface area contributed by atoms with Crippen molar-refractivity contribution in [2.24, 2.45) is 5.92 Å². The second-order valence-corrected chi connectivity index (χ2v) is 6.19. The fourth-order valence-corrected chi connectivity index (χ4v) is 2.44. The molecule has 0 aliphatic rings. The van der Waals surface area contributed by atoms with Crippen molar-refractivity contribution in [2.45, 2.75) is 39.8 Å². The van der Waals surface area contributed by atoms with Gasteiger partial charge in [0, 0.05) is 24.7 Å². The van der Waals surface area contributed by atoms with Crippen molar-refractivity contribution in [2.75, 3.05) is 27.7 Å². The Morgan fingerprint density at radius 3 is 2.50 bits per heavy atom. The first-order chi connectivity index (χ1) is 9.43. The smallest absolute Gasteiger partial charge is 0.123 e. The summed E-state index contributed by atoms with van der Waals surface area (Å²) in [6.45, 7) is 8.53. The van der Waals surface area contributed by atoms with Gasteiger partial charge in [-0.2, -0.15) is 0 Å². The Kier molecular flexibility index (Phi) is 7.03. The average molecular weight is 278 g/mol. The van der Waals surface area contributed by atoms with Crippen molar-refractivity contribution in [3.05, 3.63) is 29.3 Å². The van der Waals surface area contributed by atoms with E-state index in [9.17, 15) is 0 Å². The molecular weight excluding hydrogens is 248 g/mol. The third-order valence-corrected chi connectivity index (χ3v) is 3.61. The first kappa shape index (κ1) is 17.0. The van der Waals surface area contributed by atoms with Crippen LogP contribution in [0.25, 0.3) is 0 Å². The number of hydrogen-bond donors (Lipinski definition) is 1. The number of nitrogens with zero attached hydrogens (tertiary/aromatic N) is 1. The standard InChI is InChI=1S/C17H30N2O/c1-13(2)9-16(19(4)5)12-18-11-15-10-14(3)7-8-17(15)20-6/h7-8,10,13,16,18H,9,11-12H2,1-6H3. The molecule has 0 saturated heterocycles. The lowest BCUT2D eigenvalue weighted by Gasteiger charge is -2.26. The third kappa shape index (κ3) is 5.51. The minimum atomic E-state index is 0.575. The summed E-state index contributed by atoms with van der Waals surface area (Å²) in [5, 5.41) is 3.57. The number of methoxy groups -OCH3 is 1. The molecule has 1 aromatic rings. The van der Waals surface area contributed by atoms with Crippen molar-refractivity contribution in [1.29, 1.82) is 0 Å². The van der Waals surface area contributed by atoms with Crippen LogP contribution < -0.4 is 10.1 Å². The summed E-state index contributed by atoms with van der Waals surface area (Å²) in [5.74, 6) is 1.69. The quantitative estimate of drug-likeness (QED) is 0.791. The van der Waals surface area contributed by atoms with Gasteiger partial charge in [0.1, 0.15) is 5.75 Å². The molecule has 3 nitrogen and oxygen atoms in total. The van der Waals surface area contributed by atoms with Crippen LogP contribution in [0.2, 0.25) is 0 Å². The van der Waals surface area contributed by atoms with Gasteiger partial charge in [0.05, 0.1) is 7.11 Å². The lowest BCUT2D eigenvalue weighted by molar-refractivity contribution is 0.246. The highest BCUT2D eigenvalue weighted by atomic mass is 16.5. The molecule has 0 radical (unpaired) electrons. The number of rotatable bonds is 8. The van der Waals surface area contributed by atoms with Crippen LogP contribution >= 0.6 is 0 Å². The summed E-state index contributed by atoms with van der Waals surface area (Å²) in [6, 6.07) is 6.90. The first-order valence-electron chi connectivity index (χ1n) is 7.44. The minimum Gasteiger partial charge on any atom is -0.496 e. The molecule has 0 aliphatic carbocycles. The highest BCUT2D eigenvalue weighted by molar-refractivity contribution is 5.36. The van der Waals surface area contributed by atoms with E-state index in [1.807, 2.05) is 6.07 Å². The molecule has 0 fully saturated rings. The van der Waals surface area contributed by atoms with E-state index < -0.39 is 0 Å². The summed E-state index contributed by atoms with van der Waals surface area (Å²) < 4.78 is 5.42. The molecule has 0 bridgehead atoms. The molecule has 1 atom stereocenters. The summed E-state index contributed by atoms with van der Waals surface area (Å²) in [5.41, 5.74) is 2.50. The highest BCUT2D eigenvalue weighted by Crippen LogP contribution is 2.19. The predicted molar refractivity (Wildman–Crippen MR) is 86.4 cm³/mol. The molecule has 1 N–H and O–H groups in total. The van der Waals surface area contributed by atoms with Crippen molar-refractivity contribution < 1.29 is 4.74 Å². The summed E-state index contributed by atoms with van der Waals surface area (Å²) in [4.78, 5) is 2.31. The zero-order valence-electron chi connectivity index (χ0n) is 13.9. The van der Waals surface area contributed by atoms with Gasteiger partial charge in [0.25, 0.3) is 0 Å². The predicted octanol–water partition coefficient (Wildman–Crippen LogP) is 3.07. The topological polar surface area (TPSA) is 24.5 Å². The second-order valence-electron chi connectivity index (χ2n) is 6.19. The highest BCUT2D eigenvalue weighted by Gasteiger charge is 2.13. The Hall–Kier alpha value is -1.06. The maximum Gasteiger partial charge on any atom is 0.123 e. The van der Waals surface area contributed by atoms with Crippen LogP contribution in [-0.4, -0.2) is 38.7 Å². The monoisotopic (exact) mass is 278 g/mol. The minimum absolute atomic E-state index is 0.575. The van der Waals surface area contributed by atoms with Crippen LogP contribution in [0, 0.1) is 12.8 Å². The van der Waals surface area contributed by atoms with Crippen LogP contribution in [-0.2, 0) is 6.54 Å². The van der Waals surface area contributed by atoms with E-state index in [4.69, 9.17) is 4.74 Å². The molecule has 1 unspecified atom stereocenters. The molecule has 3 heteroatoms. The van der Waals surface area contributed by atoms with Gasteiger partial charge < -0.3 is 15.0 Å². The fourth-order valence-electron chi connectivity index (χ4n) is 2.44. The molecule has 1 aromatic carbocycles. The molecule has 0 heterocycles.